The normalized spacial score (nSPS) is 16.6. The molecule has 0 N–H and O–H groups in total. The molecular formula is C19H23FN2O3S. The molecule has 0 saturated carbocycles. The Labute approximate surface area is 154 Å². The number of hydrogen-bond acceptors (Lipinski definition) is 4. The number of hydrogen-bond donors (Lipinski definition) is 0. The number of nitrogens with zero attached hydrogens (tertiary/aromatic N) is 2. The van der Waals surface area contributed by atoms with E-state index in [1.54, 1.807) is 37.4 Å². The zero-order valence-electron chi connectivity index (χ0n) is 15.0. The van der Waals surface area contributed by atoms with Gasteiger partial charge in [0, 0.05) is 38.3 Å². The minimum Gasteiger partial charge on any atom is -0.497 e. The van der Waals surface area contributed by atoms with Crippen molar-refractivity contribution in [1.82, 2.24) is 9.21 Å². The van der Waals surface area contributed by atoms with Crippen molar-refractivity contribution in [3.63, 3.8) is 0 Å². The average Bonchev–Trinajstić information content (AvgIpc) is 2.64. The lowest BCUT2D eigenvalue weighted by molar-refractivity contribution is 0.179. The van der Waals surface area contributed by atoms with Crippen LogP contribution in [0.1, 0.15) is 11.1 Å². The number of piperazine rings is 1. The average molecular weight is 378 g/mol. The highest BCUT2D eigenvalue weighted by Gasteiger charge is 2.28. The predicted octanol–water partition coefficient (Wildman–Crippen LogP) is 2.65. The van der Waals surface area contributed by atoms with Gasteiger partial charge < -0.3 is 4.74 Å². The first-order chi connectivity index (χ1) is 12.4. The smallest absolute Gasteiger partial charge is 0.243 e. The minimum atomic E-state index is -3.49. The van der Waals surface area contributed by atoms with Crippen LogP contribution >= 0.6 is 0 Å². The van der Waals surface area contributed by atoms with Crippen LogP contribution in [-0.2, 0) is 16.6 Å². The summed E-state index contributed by atoms with van der Waals surface area (Å²) in [6, 6.07) is 11.6. The molecule has 0 aromatic heterocycles. The number of methoxy groups -OCH3 is 1. The maximum Gasteiger partial charge on any atom is 0.243 e. The van der Waals surface area contributed by atoms with Gasteiger partial charge in [-0.1, -0.05) is 12.1 Å². The molecule has 5 nitrogen and oxygen atoms in total. The molecule has 0 aliphatic carbocycles. The molecule has 3 rings (SSSR count). The maximum absolute atomic E-state index is 14.0. The molecule has 7 heteroatoms. The largest absolute Gasteiger partial charge is 0.497 e. The molecule has 0 amide bonds. The van der Waals surface area contributed by atoms with E-state index in [0.29, 0.717) is 48.9 Å². The Morgan fingerprint density at radius 1 is 1.08 bits per heavy atom. The zero-order valence-corrected chi connectivity index (χ0v) is 15.8. The second kappa shape index (κ2) is 7.73. The molecule has 0 bridgehead atoms. The number of rotatable bonds is 5. The second-order valence-corrected chi connectivity index (χ2v) is 8.39. The zero-order chi connectivity index (χ0) is 18.7. The Morgan fingerprint density at radius 2 is 1.81 bits per heavy atom. The van der Waals surface area contributed by atoms with Gasteiger partial charge in [-0.15, -0.1) is 0 Å². The Hall–Kier alpha value is -1.96. The Morgan fingerprint density at radius 3 is 2.46 bits per heavy atom. The summed E-state index contributed by atoms with van der Waals surface area (Å²) in [4.78, 5) is 2.38. The van der Waals surface area contributed by atoms with E-state index in [4.69, 9.17) is 4.74 Å². The highest BCUT2D eigenvalue weighted by Crippen LogP contribution is 2.21. The molecule has 1 aliphatic heterocycles. The van der Waals surface area contributed by atoms with Gasteiger partial charge in [-0.2, -0.15) is 4.31 Å². The van der Waals surface area contributed by atoms with Gasteiger partial charge in [0.2, 0.25) is 10.0 Å². The van der Waals surface area contributed by atoms with Gasteiger partial charge in [0.1, 0.15) is 11.6 Å². The van der Waals surface area contributed by atoms with Crippen LogP contribution < -0.4 is 4.74 Å². The van der Waals surface area contributed by atoms with Crippen molar-refractivity contribution < 1.29 is 17.5 Å². The lowest BCUT2D eigenvalue weighted by Crippen LogP contribution is -2.48. The summed E-state index contributed by atoms with van der Waals surface area (Å²) in [5.41, 5.74) is 1.47. The molecule has 1 saturated heterocycles. The molecule has 26 heavy (non-hydrogen) atoms. The van der Waals surface area contributed by atoms with Crippen molar-refractivity contribution >= 4 is 10.0 Å². The van der Waals surface area contributed by atoms with E-state index in [-0.39, 0.29) is 5.82 Å². The first-order valence-electron chi connectivity index (χ1n) is 8.52. The molecule has 1 aliphatic rings. The monoisotopic (exact) mass is 378 g/mol. The fourth-order valence-electron chi connectivity index (χ4n) is 3.09. The molecule has 0 radical (unpaired) electrons. The van der Waals surface area contributed by atoms with Crippen molar-refractivity contribution in [1.29, 1.82) is 0 Å². The van der Waals surface area contributed by atoms with Gasteiger partial charge in [0.05, 0.1) is 12.0 Å². The molecule has 2 aromatic rings. The van der Waals surface area contributed by atoms with E-state index in [0.717, 1.165) is 5.56 Å². The van der Waals surface area contributed by atoms with Crippen LogP contribution in [0.5, 0.6) is 5.75 Å². The van der Waals surface area contributed by atoms with E-state index in [2.05, 4.69) is 4.90 Å². The van der Waals surface area contributed by atoms with Crippen LogP contribution in [0.25, 0.3) is 0 Å². The molecule has 0 atom stereocenters. The van der Waals surface area contributed by atoms with E-state index in [1.807, 2.05) is 13.0 Å². The van der Waals surface area contributed by atoms with Crippen molar-refractivity contribution in [3.05, 3.63) is 59.4 Å². The van der Waals surface area contributed by atoms with Gasteiger partial charge in [0.25, 0.3) is 0 Å². The third-order valence-corrected chi connectivity index (χ3v) is 6.50. The number of sulfonamides is 1. The van der Waals surface area contributed by atoms with Gasteiger partial charge in [-0.3, -0.25) is 4.90 Å². The van der Waals surface area contributed by atoms with E-state index in [9.17, 15) is 12.8 Å². The van der Waals surface area contributed by atoms with Crippen LogP contribution in [0.3, 0.4) is 0 Å². The van der Waals surface area contributed by atoms with E-state index in [1.165, 1.54) is 10.4 Å². The van der Waals surface area contributed by atoms with Crippen LogP contribution in [-0.4, -0.2) is 50.9 Å². The summed E-state index contributed by atoms with van der Waals surface area (Å²) in [5.74, 6) is 0.336. The maximum atomic E-state index is 14.0. The van der Waals surface area contributed by atoms with Gasteiger partial charge in [0.15, 0.2) is 0 Å². The predicted molar refractivity (Wildman–Crippen MR) is 98.2 cm³/mol. The summed E-state index contributed by atoms with van der Waals surface area (Å²) in [6.45, 7) is 4.20. The summed E-state index contributed by atoms with van der Waals surface area (Å²) >= 11 is 0. The molecule has 0 unspecified atom stereocenters. The lowest BCUT2D eigenvalue weighted by atomic mass is 10.1. The minimum absolute atomic E-state index is 0.277. The third kappa shape index (κ3) is 4.06. The summed E-state index contributed by atoms with van der Waals surface area (Å²) in [6.07, 6.45) is 0. The Kier molecular flexibility index (Phi) is 5.60. The first kappa shape index (κ1) is 18.8. The van der Waals surface area contributed by atoms with Gasteiger partial charge in [-0.25, -0.2) is 12.8 Å². The SMILES string of the molecule is COc1ccc(F)c(CN2CCN(S(=O)(=O)c3cccc(C)c3)CC2)c1. The first-order valence-corrected chi connectivity index (χ1v) is 9.96. The van der Waals surface area contributed by atoms with Crippen molar-refractivity contribution in [2.75, 3.05) is 33.3 Å². The van der Waals surface area contributed by atoms with E-state index >= 15 is 0 Å². The van der Waals surface area contributed by atoms with Gasteiger partial charge >= 0.3 is 0 Å². The van der Waals surface area contributed by atoms with Crippen LogP contribution in [0.2, 0.25) is 0 Å². The summed E-state index contributed by atoms with van der Waals surface area (Å²) in [7, 11) is -1.94. The van der Waals surface area contributed by atoms with Crippen LogP contribution in [0.15, 0.2) is 47.4 Å². The molecule has 140 valence electrons. The molecular weight excluding hydrogens is 355 g/mol. The number of ether oxygens (including phenoxy) is 1. The topological polar surface area (TPSA) is 49.9 Å². The third-order valence-electron chi connectivity index (χ3n) is 4.61. The van der Waals surface area contributed by atoms with Crippen LogP contribution in [0, 0.1) is 12.7 Å². The standard InChI is InChI=1S/C19H23FN2O3S/c1-15-4-3-5-18(12-15)26(23,24)22-10-8-21(9-11-22)14-16-13-17(25-2)6-7-19(16)20/h3-7,12-13H,8-11,14H2,1-2H3. The Bertz CT molecular complexity index is 878. The molecule has 1 fully saturated rings. The highest BCUT2D eigenvalue weighted by molar-refractivity contribution is 7.89. The lowest BCUT2D eigenvalue weighted by Gasteiger charge is -2.34. The van der Waals surface area contributed by atoms with Crippen LogP contribution in [0.4, 0.5) is 4.39 Å². The van der Waals surface area contributed by atoms with E-state index < -0.39 is 10.0 Å². The van der Waals surface area contributed by atoms with Gasteiger partial charge in [-0.05, 0) is 42.8 Å². The Balaban J connectivity index is 1.66. The fourth-order valence-corrected chi connectivity index (χ4v) is 4.62. The highest BCUT2D eigenvalue weighted by atomic mass is 32.2. The van der Waals surface area contributed by atoms with Crippen molar-refractivity contribution in [2.45, 2.75) is 18.4 Å². The number of aryl methyl sites for hydroxylation is 1. The molecule has 0 spiro atoms. The van der Waals surface area contributed by atoms with Crippen molar-refractivity contribution in [3.8, 4) is 5.75 Å². The summed E-state index contributed by atoms with van der Waals surface area (Å²) in [5, 5.41) is 0. The number of halogens is 1. The number of benzene rings is 2. The fraction of sp³-hybridized carbons (Fsp3) is 0.368. The quantitative estimate of drug-likeness (QED) is 0.803. The van der Waals surface area contributed by atoms with Crippen molar-refractivity contribution in [2.24, 2.45) is 0 Å². The molecule has 2 aromatic carbocycles. The molecule has 1 heterocycles. The summed E-state index contributed by atoms with van der Waals surface area (Å²) < 4.78 is 46.2. The second-order valence-electron chi connectivity index (χ2n) is 6.45.